The van der Waals surface area contributed by atoms with Crippen LogP contribution in [0, 0.1) is 0 Å². The summed E-state index contributed by atoms with van der Waals surface area (Å²) in [4.78, 5) is 94.8. The van der Waals surface area contributed by atoms with Gasteiger partial charge in [0.15, 0.2) is 6.17 Å². The number of nitrogens with zero attached hydrogens (tertiary/aromatic N) is 2. The van der Waals surface area contributed by atoms with Gasteiger partial charge in [-0.15, -0.1) is 0 Å². The first-order chi connectivity index (χ1) is 31.5. The van der Waals surface area contributed by atoms with E-state index in [1.165, 1.54) is 102 Å². The Labute approximate surface area is 386 Å². The quantitative estimate of drug-likeness (QED) is 0.0480. The summed E-state index contributed by atoms with van der Waals surface area (Å²) < 4.78 is 0. The molecule has 2 aromatic rings. The fraction of sp³-hybridized carbons (Fsp3) is 0.596. The Morgan fingerprint density at radius 3 is 1.91 bits per heavy atom. The van der Waals surface area contributed by atoms with Gasteiger partial charge in [0.1, 0.15) is 35.7 Å². The number of aliphatic hydroxyl groups is 2. The fourth-order valence-electron chi connectivity index (χ4n) is 7.82. The molecule has 0 fully saturated rings. The van der Waals surface area contributed by atoms with Crippen LogP contribution >= 0.6 is 0 Å². The third-order valence-corrected chi connectivity index (χ3v) is 11.9. The number of rotatable bonds is 26. The van der Waals surface area contributed by atoms with Crippen LogP contribution in [-0.2, 0) is 40.0 Å². The smallest absolute Gasteiger partial charge is 0.326 e. The molecule has 4 bridgehead atoms. The summed E-state index contributed by atoms with van der Waals surface area (Å²) in [5.41, 5.74) is 6.52. The van der Waals surface area contributed by atoms with Crippen LogP contribution in [0.25, 0.3) is 11.1 Å². The number of amides is 6. The summed E-state index contributed by atoms with van der Waals surface area (Å²) in [7, 11) is 2.60. The van der Waals surface area contributed by atoms with Crippen LogP contribution in [0.5, 0.6) is 11.5 Å². The number of nitrogens with two attached hydrogens (primary N) is 1. The van der Waals surface area contributed by atoms with Crippen molar-refractivity contribution >= 4 is 41.4 Å². The number of carboxylic acids is 1. The van der Waals surface area contributed by atoms with Gasteiger partial charge < -0.3 is 62.3 Å². The number of hydrogen-bond donors (Lipinski definition) is 10. The molecule has 0 saturated heterocycles. The van der Waals surface area contributed by atoms with Crippen molar-refractivity contribution in [2.45, 2.75) is 146 Å². The zero-order chi connectivity index (χ0) is 48.8. The third kappa shape index (κ3) is 16.9. The molecule has 11 N–H and O–H groups in total. The minimum Gasteiger partial charge on any atom is -0.507 e. The van der Waals surface area contributed by atoms with Crippen LogP contribution in [0.3, 0.4) is 0 Å². The number of unbranched alkanes of at least 4 members (excludes halogenated alkanes) is 12. The summed E-state index contributed by atoms with van der Waals surface area (Å²) in [6, 6.07) is 2.30. The highest BCUT2D eigenvalue weighted by molar-refractivity contribution is 5.96. The van der Waals surface area contributed by atoms with Crippen molar-refractivity contribution in [2.24, 2.45) is 5.73 Å². The van der Waals surface area contributed by atoms with E-state index in [1.54, 1.807) is 0 Å². The number of aromatic hydroxyl groups is 2. The summed E-state index contributed by atoms with van der Waals surface area (Å²) in [5.74, 6) is -6.98. The average Bonchev–Trinajstić information content (AvgIpc) is 3.28. The molecule has 5 atom stereocenters. The van der Waals surface area contributed by atoms with E-state index in [-0.39, 0.29) is 66.4 Å². The Morgan fingerprint density at radius 1 is 0.758 bits per heavy atom. The summed E-state index contributed by atoms with van der Waals surface area (Å²) >= 11 is 0. The second kappa shape index (κ2) is 28.3. The number of carboxylic acid groups (broad SMARTS) is 1. The molecular formula is C47H71N7O12. The first kappa shape index (κ1) is 54.5. The molecule has 3 rings (SSSR count). The van der Waals surface area contributed by atoms with Crippen LogP contribution < -0.4 is 27.0 Å². The van der Waals surface area contributed by atoms with Gasteiger partial charge in [0.2, 0.25) is 29.5 Å². The first-order valence-corrected chi connectivity index (χ1v) is 23.1. The summed E-state index contributed by atoms with van der Waals surface area (Å²) in [6.07, 6.45) is 13.0. The lowest BCUT2D eigenvalue weighted by Crippen LogP contribution is -2.59. The van der Waals surface area contributed by atoms with Crippen LogP contribution in [0.1, 0.15) is 127 Å². The molecule has 19 heteroatoms. The molecule has 1 heterocycles. The van der Waals surface area contributed by atoms with E-state index in [0.717, 1.165) is 35.5 Å². The Bertz CT molecular complexity index is 1950. The number of phenolic OH excluding ortho intramolecular Hbond substituents is 2. The highest BCUT2D eigenvalue weighted by atomic mass is 16.4. The second-order valence-corrected chi connectivity index (χ2v) is 17.0. The van der Waals surface area contributed by atoms with E-state index in [1.807, 2.05) is 0 Å². The van der Waals surface area contributed by atoms with Gasteiger partial charge in [0, 0.05) is 44.7 Å². The normalized spacial score (nSPS) is 17.0. The first-order valence-electron chi connectivity index (χ1n) is 23.1. The van der Waals surface area contributed by atoms with Crippen molar-refractivity contribution in [3.63, 3.8) is 0 Å². The van der Waals surface area contributed by atoms with Crippen LogP contribution in [0.4, 0.5) is 0 Å². The molecule has 6 amide bonds. The van der Waals surface area contributed by atoms with E-state index >= 15 is 0 Å². The molecule has 1 aliphatic rings. The monoisotopic (exact) mass is 926 g/mol. The minimum absolute atomic E-state index is 0.0263. The Kier molecular flexibility index (Phi) is 23.4. The third-order valence-electron chi connectivity index (χ3n) is 11.9. The molecule has 0 saturated carbocycles. The van der Waals surface area contributed by atoms with Crippen molar-refractivity contribution in [2.75, 3.05) is 33.9 Å². The Balaban J connectivity index is 1.66. The molecular weight excluding hydrogens is 855 g/mol. The zero-order valence-electron chi connectivity index (χ0n) is 38.6. The predicted octanol–water partition coefficient (Wildman–Crippen LogP) is 2.46. The summed E-state index contributed by atoms with van der Waals surface area (Å²) in [5, 5.41) is 60.8. The molecule has 2 aromatic carbocycles. The van der Waals surface area contributed by atoms with Crippen molar-refractivity contribution in [1.29, 1.82) is 0 Å². The molecule has 366 valence electrons. The number of phenols is 2. The number of nitrogens with one attached hydrogen (secondary N) is 4. The number of aliphatic hydroxyl groups excluding tert-OH is 2. The lowest BCUT2D eigenvalue weighted by atomic mass is 9.93. The molecule has 0 aromatic heterocycles. The number of carbonyl (C=O) groups is 7. The molecule has 0 spiro atoms. The second-order valence-electron chi connectivity index (χ2n) is 17.0. The van der Waals surface area contributed by atoms with Crippen LogP contribution in [-0.4, -0.2) is 135 Å². The molecule has 0 aliphatic carbocycles. The molecule has 66 heavy (non-hydrogen) atoms. The Hall–Kier alpha value is -5.79. The number of benzene rings is 2. The zero-order valence-corrected chi connectivity index (χ0v) is 38.6. The number of carbonyl (C=O) groups excluding carboxylic acids is 6. The Morgan fingerprint density at radius 2 is 1.33 bits per heavy atom. The average molecular weight is 926 g/mol. The number of aliphatic carboxylic acids is 1. The summed E-state index contributed by atoms with van der Waals surface area (Å²) in [6.45, 7) is 0.344. The van der Waals surface area contributed by atoms with Crippen molar-refractivity contribution in [3.05, 3.63) is 47.5 Å². The topological polar surface area (TPSA) is 301 Å². The van der Waals surface area contributed by atoms with Crippen molar-refractivity contribution in [3.8, 4) is 22.6 Å². The lowest BCUT2D eigenvalue weighted by Gasteiger charge is -2.31. The standard InChI is InChI=1S/C47H71N7O12/c1-4-5-6-7-8-9-10-11-12-13-14-15-16-19-39(59)53(2)36(29-56)44(62)52-42(48)46(64)49-28-40(60)54(3)41-31-21-23-38(58)33(27-31)32-25-30(20-22-37(32)57)26-35(47(65)66)51-43(61)34(18-17-24-55)50-45(41)63/h20-23,25,27,34-36,41-42,55-58H,4-19,24,26,28-29,48H2,1-3H3,(H,49,64)(H,50,63)(H,51,61)(H,52,62)(H,65,66)/t34-,35-,36+,41-,42-/m0/s1. The number of hydrogen-bond acceptors (Lipinski definition) is 12. The van der Waals surface area contributed by atoms with Gasteiger partial charge in [0.25, 0.3) is 5.91 Å². The van der Waals surface area contributed by atoms with E-state index in [2.05, 4.69) is 28.2 Å². The maximum absolute atomic E-state index is 14.2. The van der Waals surface area contributed by atoms with Crippen molar-refractivity contribution < 1.29 is 59.1 Å². The highest BCUT2D eigenvalue weighted by Gasteiger charge is 2.35. The molecule has 19 nitrogen and oxygen atoms in total. The number of likely N-dealkylation sites (N-methyl/N-ethyl adjacent to an activating group) is 2. The van der Waals surface area contributed by atoms with E-state index in [0.29, 0.717) is 12.0 Å². The van der Waals surface area contributed by atoms with E-state index < -0.39 is 79.0 Å². The minimum atomic E-state index is -1.73. The lowest BCUT2D eigenvalue weighted by molar-refractivity contribution is -0.143. The van der Waals surface area contributed by atoms with Crippen LogP contribution in [0.15, 0.2) is 36.4 Å². The van der Waals surface area contributed by atoms with E-state index in [9.17, 15) is 59.1 Å². The predicted molar refractivity (Wildman–Crippen MR) is 245 cm³/mol. The van der Waals surface area contributed by atoms with Gasteiger partial charge in [-0.3, -0.25) is 28.8 Å². The van der Waals surface area contributed by atoms with Gasteiger partial charge in [-0.2, -0.15) is 0 Å². The number of fused-ring (bicyclic) bond motifs is 5. The van der Waals surface area contributed by atoms with Crippen LogP contribution in [0.2, 0.25) is 0 Å². The fourth-order valence-corrected chi connectivity index (χ4v) is 7.82. The molecule has 1 aliphatic heterocycles. The van der Waals surface area contributed by atoms with Gasteiger partial charge in [-0.25, -0.2) is 4.79 Å². The SMILES string of the molecule is CCCCCCCCCCCCCCCC(=O)N(C)[C@H](CO)C(=O)N[C@H](N)C(=O)NCC(=O)N(C)[C@@H]1C(=O)N[C@@H](CCCO)C(=O)N[C@H](C(=O)O)Cc2ccc(O)c(c2)-c2cc1ccc2O. The maximum Gasteiger partial charge on any atom is 0.326 e. The van der Waals surface area contributed by atoms with Crippen molar-refractivity contribution in [1.82, 2.24) is 31.1 Å². The maximum atomic E-state index is 14.2. The highest BCUT2D eigenvalue weighted by Crippen LogP contribution is 2.38. The van der Waals surface area contributed by atoms with Gasteiger partial charge >= 0.3 is 5.97 Å². The van der Waals surface area contributed by atoms with E-state index in [4.69, 9.17) is 5.73 Å². The van der Waals surface area contributed by atoms with Gasteiger partial charge in [0.05, 0.1) is 13.2 Å². The van der Waals surface area contributed by atoms with Gasteiger partial charge in [-0.1, -0.05) is 96.1 Å². The van der Waals surface area contributed by atoms with Gasteiger partial charge in [-0.05, 0) is 54.7 Å². The molecule has 0 unspecified atom stereocenters. The largest absolute Gasteiger partial charge is 0.507 e. The molecule has 0 radical (unpaired) electrons.